The number of aromatic nitrogens is 2. The van der Waals surface area contributed by atoms with Gasteiger partial charge in [-0.05, 0) is 23.7 Å². The van der Waals surface area contributed by atoms with Crippen LogP contribution in [0.15, 0.2) is 24.4 Å². The predicted octanol–water partition coefficient (Wildman–Crippen LogP) is 1.65. The van der Waals surface area contributed by atoms with E-state index >= 15 is 0 Å². The minimum absolute atomic E-state index is 0.0358. The highest BCUT2D eigenvalue weighted by Gasteiger charge is 2.24. The first-order valence-electron chi connectivity index (χ1n) is 6.84. The monoisotopic (exact) mass is 322 g/mol. The third-order valence-electron chi connectivity index (χ3n) is 3.64. The summed E-state index contributed by atoms with van der Waals surface area (Å²) in [6.45, 7) is 2.59. The highest BCUT2D eigenvalue weighted by Crippen LogP contribution is 2.25. The lowest BCUT2D eigenvalue weighted by Gasteiger charge is -2.36. The van der Waals surface area contributed by atoms with Crippen molar-refractivity contribution in [1.82, 2.24) is 14.5 Å². The maximum absolute atomic E-state index is 13.5. The Morgan fingerprint density at radius 3 is 2.73 bits per heavy atom. The van der Waals surface area contributed by atoms with Gasteiger partial charge in [-0.25, -0.2) is 4.39 Å². The standard InChI is InChI=1S/C14H15FN4O2S/c1-21-12-8-10(2-3-11(12)15)18-4-6-19(7-5-18)14(20)13-9-16-17-22-13/h2-3,8-9H,4-7H2,1H3. The largest absolute Gasteiger partial charge is 0.494 e. The van der Waals surface area contributed by atoms with E-state index < -0.39 is 0 Å². The van der Waals surface area contributed by atoms with E-state index in [0.717, 1.165) is 17.2 Å². The van der Waals surface area contributed by atoms with Crippen molar-refractivity contribution in [1.29, 1.82) is 0 Å². The normalized spacial score (nSPS) is 15.0. The summed E-state index contributed by atoms with van der Waals surface area (Å²) in [4.78, 5) is 16.7. The van der Waals surface area contributed by atoms with Gasteiger partial charge in [-0.15, -0.1) is 5.10 Å². The molecule has 1 aliphatic rings. The maximum Gasteiger partial charge on any atom is 0.267 e. The first-order chi connectivity index (χ1) is 10.7. The number of anilines is 1. The van der Waals surface area contributed by atoms with Crippen LogP contribution in [0.1, 0.15) is 9.67 Å². The number of benzene rings is 1. The SMILES string of the molecule is COc1cc(N2CCN(C(=O)c3cnns3)CC2)ccc1F. The number of carbonyl (C=O) groups is 1. The van der Waals surface area contributed by atoms with Crippen molar-refractivity contribution in [3.05, 3.63) is 35.1 Å². The Hall–Kier alpha value is -2.22. The Bertz CT molecular complexity index is 657. The Kier molecular flexibility index (Phi) is 4.19. The first kappa shape index (κ1) is 14.7. The van der Waals surface area contributed by atoms with Crippen LogP contribution in [0.2, 0.25) is 0 Å². The van der Waals surface area contributed by atoms with Crippen LogP contribution in [0.3, 0.4) is 0 Å². The van der Waals surface area contributed by atoms with Crippen molar-refractivity contribution >= 4 is 23.1 Å². The first-order valence-corrected chi connectivity index (χ1v) is 7.61. The molecule has 0 aliphatic carbocycles. The van der Waals surface area contributed by atoms with E-state index in [2.05, 4.69) is 14.5 Å². The van der Waals surface area contributed by atoms with Crippen molar-refractivity contribution in [2.45, 2.75) is 0 Å². The number of rotatable bonds is 3. The van der Waals surface area contributed by atoms with Crippen molar-refractivity contribution in [2.24, 2.45) is 0 Å². The van der Waals surface area contributed by atoms with Gasteiger partial charge in [-0.2, -0.15) is 0 Å². The Labute approximate surface area is 131 Å². The molecule has 22 heavy (non-hydrogen) atoms. The summed E-state index contributed by atoms with van der Waals surface area (Å²) in [5.41, 5.74) is 0.893. The molecule has 3 rings (SSSR count). The maximum atomic E-state index is 13.5. The molecule has 0 radical (unpaired) electrons. The summed E-state index contributed by atoms with van der Waals surface area (Å²) in [5, 5.41) is 3.69. The predicted molar refractivity (Wildman–Crippen MR) is 81.0 cm³/mol. The summed E-state index contributed by atoms with van der Waals surface area (Å²) in [6, 6.07) is 4.80. The summed E-state index contributed by atoms with van der Waals surface area (Å²) in [5.74, 6) is -0.184. The fraction of sp³-hybridized carbons (Fsp3) is 0.357. The zero-order chi connectivity index (χ0) is 15.5. The highest BCUT2D eigenvalue weighted by molar-refractivity contribution is 7.07. The van der Waals surface area contributed by atoms with Crippen LogP contribution in [-0.4, -0.2) is 53.7 Å². The average molecular weight is 322 g/mol. The minimum Gasteiger partial charge on any atom is -0.494 e. The molecule has 2 heterocycles. The fourth-order valence-corrected chi connectivity index (χ4v) is 2.91. The Morgan fingerprint density at radius 1 is 1.32 bits per heavy atom. The number of halogens is 1. The number of carbonyl (C=O) groups excluding carboxylic acids is 1. The van der Waals surface area contributed by atoms with Crippen molar-refractivity contribution in [2.75, 3.05) is 38.2 Å². The zero-order valence-electron chi connectivity index (χ0n) is 12.0. The number of amides is 1. The van der Waals surface area contributed by atoms with E-state index in [0.29, 0.717) is 31.1 Å². The fourth-order valence-electron chi connectivity index (χ4n) is 2.43. The number of nitrogens with zero attached hydrogens (tertiary/aromatic N) is 4. The molecule has 0 atom stereocenters. The van der Waals surface area contributed by atoms with Crippen LogP contribution in [-0.2, 0) is 0 Å². The summed E-state index contributed by atoms with van der Waals surface area (Å²) < 4.78 is 22.2. The Balaban J connectivity index is 1.65. The minimum atomic E-state index is -0.377. The van der Waals surface area contributed by atoms with E-state index in [4.69, 9.17) is 4.74 Å². The molecule has 1 fully saturated rings. The van der Waals surface area contributed by atoms with Gasteiger partial charge < -0.3 is 14.5 Å². The average Bonchev–Trinajstić information content (AvgIpc) is 3.09. The van der Waals surface area contributed by atoms with Gasteiger partial charge in [0.25, 0.3) is 5.91 Å². The second-order valence-corrected chi connectivity index (χ2v) is 5.67. The van der Waals surface area contributed by atoms with E-state index in [9.17, 15) is 9.18 Å². The molecule has 0 bridgehead atoms. The molecule has 1 aromatic heterocycles. The van der Waals surface area contributed by atoms with Gasteiger partial charge in [0.2, 0.25) is 0 Å². The molecule has 0 saturated carbocycles. The van der Waals surface area contributed by atoms with Gasteiger partial charge in [0.15, 0.2) is 11.6 Å². The van der Waals surface area contributed by atoms with Crippen LogP contribution in [0, 0.1) is 5.82 Å². The quantitative estimate of drug-likeness (QED) is 0.860. The molecule has 8 heteroatoms. The lowest BCUT2D eigenvalue weighted by atomic mass is 10.2. The molecule has 1 amide bonds. The topological polar surface area (TPSA) is 58.6 Å². The Morgan fingerprint density at radius 2 is 2.09 bits per heavy atom. The number of ether oxygens (including phenoxy) is 1. The molecule has 0 spiro atoms. The van der Waals surface area contributed by atoms with Crippen molar-refractivity contribution in [3.63, 3.8) is 0 Å². The molecule has 1 saturated heterocycles. The zero-order valence-corrected chi connectivity index (χ0v) is 12.8. The van der Waals surface area contributed by atoms with E-state index in [1.54, 1.807) is 17.0 Å². The van der Waals surface area contributed by atoms with Crippen LogP contribution >= 0.6 is 11.5 Å². The molecule has 116 valence electrons. The molecule has 0 N–H and O–H groups in total. The highest BCUT2D eigenvalue weighted by atomic mass is 32.1. The molecule has 1 aliphatic heterocycles. The van der Waals surface area contributed by atoms with Gasteiger partial charge in [-0.3, -0.25) is 4.79 Å². The second-order valence-electron chi connectivity index (χ2n) is 4.88. The molecular formula is C14H15FN4O2S. The van der Waals surface area contributed by atoms with Gasteiger partial charge >= 0.3 is 0 Å². The van der Waals surface area contributed by atoms with Crippen LogP contribution in [0.25, 0.3) is 0 Å². The van der Waals surface area contributed by atoms with Crippen LogP contribution in [0.4, 0.5) is 10.1 Å². The lowest BCUT2D eigenvalue weighted by Crippen LogP contribution is -2.48. The van der Waals surface area contributed by atoms with Crippen molar-refractivity contribution in [3.8, 4) is 5.75 Å². The van der Waals surface area contributed by atoms with Gasteiger partial charge in [-0.1, -0.05) is 4.49 Å². The van der Waals surface area contributed by atoms with Crippen molar-refractivity contribution < 1.29 is 13.9 Å². The summed E-state index contributed by atoms with van der Waals surface area (Å²) in [6.07, 6.45) is 1.49. The molecule has 0 unspecified atom stereocenters. The third kappa shape index (κ3) is 2.87. The van der Waals surface area contributed by atoms with Crippen LogP contribution < -0.4 is 9.64 Å². The third-order valence-corrected chi connectivity index (χ3v) is 4.29. The van der Waals surface area contributed by atoms with Gasteiger partial charge in [0, 0.05) is 37.9 Å². The molecule has 6 nitrogen and oxygen atoms in total. The van der Waals surface area contributed by atoms with E-state index in [1.807, 2.05) is 0 Å². The summed E-state index contributed by atoms with van der Waals surface area (Å²) >= 11 is 1.10. The number of piperazine rings is 1. The van der Waals surface area contributed by atoms with Crippen LogP contribution in [0.5, 0.6) is 5.75 Å². The molecular weight excluding hydrogens is 307 g/mol. The summed E-state index contributed by atoms with van der Waals surface area (Å²) in [7, 11) is 1.45. The number of hydrogen-bond acceptors (Lipinski definition) is 6. The van der Waals surface area contributed by atoms with Gasteiger partial charge in [0.05, 0.1) is 13.3 Å². The number of methoxy groups -OCH3 is 1. The van der Waals surface area contributed by atoms with E-state index in [-0.39, 0.29) is 17.5 Å². The van der Waals surface area contributed by atoms with Gasteiger partial charge in [0.1, 0.15) is 4.88 Å². The molecule has 2 aromatic rings. The smallest absolute Gasteiger partial charge is 0.267 e. The number of hydrogen-bond donors (Lipinski definition) is 0. The molecule has 1 aromatic carbocycles. The van der Waals surface area contributed by atoms with E-state index in [1.165, 1.54) is 19.4 Å². The lowest BCUT2D eigenvalue weighted by molar-refractivity contribution is 0.0751. The second kappa shape index (κ2) is 6.27.